The molecule has 0 amide bonds. The molecule has 122 valence electrons. The maximum Gasteiger partial charge on any atom is 0.212 e. The molecule has 0 radical (unpaired) electrons. The maximum atomic E-state index is 6.23. The van der Waals surface area contributed by atoms with E-state index in [0.29, 0.717) is 36.3 Å². The summed E-state index contributed by atoms with van der Waals surface area (Å²) in [4.78, 5) is 4.24. The number of nitrogens with zero attached hydrogens (tertiary/aromatic N) is 1. The molecule has 0 bridgehead atoms. The van der Waals surface area contributed by atoms with E-state index in [9.17, 15) is 0 Å². The Hall–Kier alpha value is -2.47. The van der Waals surface area contributed by atoms with Crippen LogP contribution in [0.15, 0.2) is 30.5 Å². The van der Waals surface area contributed by atoms with Gasteiger partial charge >= 0.3 is 0 Å². The van der Waals surface area contributed by atoms with Gasteiger partial charge in [0.25, 0.3) is 0 Å². The van der Waals surface area contributed by atoms with Crippen molar-refractivity contribution in [1.29, 1.82) is 0 Å². The van der Waals surface area contributed by atoms with Crippen LogP contribution in [0.1, 0.15) is 18.1 Å². The topological polar surface area (TPSA) is 75.8 Å². The first-order valence-corrected chi connectivity index (χ1v) is 7.33. The summed E-state index contributed by atoms with van der Waals surface area (Å²) in [5, 5.41) is 0. The van der Waals surface area contributed by atoms with Gasteiger partial charge in [-0.15, -0.1) is 0 Å². The Morgan fingerprint density at radius 1 is 1.26 bits per heavy atom. The highest BCUT2D eigenvalue weighted by Crippen LogP contribution is 2.46. The number of hydrogen-bond acceptors (Lipinski definition) is 6. The van der Waals surface area contributed by atoms with Crippen molar-refractivity contribution in [2.45, 2.75) is 19.1 Å². The molecule has 3 rings (SSSR count). The van der Waals surface area contributed by atoms with Crippen LogP contribution in [-0.2, 0) is 12.1 Å². The summed E-state index contributed by atoms with van der Waals surface area (Å²) in [7, 11) is 3.18. The van der Waals surface area contributed by atoms with Crippen molar-refractivity contribution < 1.29 is 18.9 Å². The predicted octanol–water partition coefficient (Wildman–Crippen LogP) is 2.24. The molecule has 6 nitrogen and oxygen atoms in total. The molecule has 23 heavy (non-hydrogen) atoms. The minimum Gasteiger partial charge on any atom is -0.493 e. The Balaban J connectivity index is 1.97. The number of aromatic nitrogens is 1. The smallest absolute Gasteiger partial charge is 0.212 e. The van der Waals surface area contributed by atoms with Gasteiger partial charge in [0.15, 0.2) is 17.1 Å². The third-order valence-electron chi connectivity index (χ3n) is 3.92. The highest BCUT2D eigenvalue weighted by atomic mass is 16.6. The molecule has 1 aliphatic rings. The average Bonchev–Trinajstić information content (AvgIpc) is 2.61. The Morgan fingerprint density at radius 3 is 2.70 bits per heavy atom. The summed E-state index contributed by atoms with van der Waals surface area (Å²) in [6, 6.07) is 7.46. The van der Waals surface area contributed by atoms with Crippen LogP contribution < -0.4 is 24.7 Å². The van der Waals surface area contributed by atoms with Crippen molar-refractivity contribution >= 4 is 0 Å². The molecule has 1 aromatic heterocycles. The number of pyridine rings is 1. The van der Waals surface area contributed by atoms with E-state index in [-0.39, 0.29) is 0 Å². The fraction of sp³-hybridized carbons (Fsp3) is 0.353. The molecular weight excluding hydrogens is 296 g/mol. The van der Waals surface area contributed by atoms with Gasteiger partial charge in [-0.25, -0.2) is 4.98 Å². The molecule has 1 aromatic carbocycles. The van der Waals surface area contributed by atoms with Gasteiger partial charge < -0.3 is 24.7 Å². The molecule has 1 aliphatic heterocycles. The SMILES string of the molecule is COc1ccc(C2(C)COc3cc(CN)cc(OC)c3O2)cn1. The van der Waals surface area contributed by atoms with Crippen LogP contribution in [-0.4, -0.2) is 25.8 Å². The Labute approximate surface area is 135 Å². The van der Waals surface area contributed by atoms with E-state index < -0.39 is 5.60 Å². The summed E-state index contributed by atoms with van der Waals surface area (Å²) in [6.07, 6.45) is 1.73. The van der Waals surface area contributed by atoms with Crippen LogP contribution in [0.5, 0.6) is 23.1 Å². The van der Waals surface area contributed by atoms with Gasteiger partial charge in [-0.2, -0.15) is 0 Å². The molecule has 1 atom stereocenters. The minimum absolute atomic E-state index is 0.366. The predicted molar refractivity (Wildman–Crippen MR) is 85.1 cm³/mol. The Bertz CT molecular complexity index is 685. The standard InChI is InChI=1S/C17H20N2O4/c1-17(12-4-5-15(21-3)19-9-12)10-22-14-7-11(8-18)6-13(20-2)16(14)23-17/h4-7,9H,8,10,18H2,1-3H3. The Kier molecular flexibility index (Phi) is 4.00. The number of hydrogen-bond donors (Lipinski definition) is 1. The largest absolute Gasteiger partial charge is 0.493 e. The monoisotopic (exact) mass is 316 g/mol. The van der Waals surface area contributed by atoms with Crippen molar-refractivity contribution in [2.24, 2.45) is 5.73 Å². The van der Waals surface area contributed by atoms with E-state index in [2.05, 4.69) is 4.98 Å². The normalized spacial score (nSPS) is 19.3. The molecular formula is C17H20N2O4. The van der Waals surface area contributed by atoms with Crippen molar-refractivity contribution in [2.75, 3.05) is 20.8 Å². The molecule has 0 saturated heterocycles. The molecule has 0 fully saturated rings. The minimum atomic E-state index is -0.663. The summed E-state index contributed by atoms with van der Waals surface area (Å²) in [5.41, 5.74) is 6.87. The van der Waals surface area contributed by atoms with Gasteiger partial charge in [-0.1, -0.05) is 0 Å². The van der Waals surface area contributed by atoms with Crippen LogP contribution in [0, 0.1) is 0 Å². The number of rotatable bonds is 4. The quantitative estimate of drug-likeness (QED) is 0.932. The van der Waals surface area contributed by atoms with Gasteiger partial charge in [0.2, 0.25) is 11.6 Å². The molecule has 2 heterocycles. The van der Waals surface area contributed by atoms with E-state index in [0.717, 1.165) is 11.1 Å². The van der Waals surface area contributed by atoms with E-state index in [1.54, 1.807) is 26.5 Å². The third-order valence-corrected chi connectivity index (χ3v) is 3.92. The van der Waals surface area contributed by atoms with Crippen molar-refractivity contribution in [3.8, 4) is 23.1 Å². The van der Waals surface area contributed by atoms with E-state index in [4.69, 9.17) is 24.7 Å². The number of fused-ring (bicyclic) bond motifs is 1. The van der Waals surface area contributed by atoms with Crippen molar-refractivity contribution in [3.63, 3.8) is 0 Å². The zero-order valence-corrected chi connectivity index (χ0v) is 13.5. The number of ether oxygens (including phenoxy) is 4. The van der Waals surface area contributed by atoms with Gasteiger partial charge in [0.05, 0.1) is 14.2 Å². The van der Waals surface area contributed by atoms with Gasteiger partial charge in [0.1, 0.15) is 6.61 Å². The third kappa shape index (κ3) is 2.77. The van der Waals surface area contributed by atoms with Crippen LogP contribution in [0.25, 0.3) is 0 Å². The first kappa shape index (κ1) is 15.4. The average molecular weight is 316 g/mol. The lowest BCUT2D eigenvalue weighted by Gasteiger charge is -2.36. The highest BCUT2D eigenvalue weighted by molar-refractivity contribution is 5.55. The van der Waals surface area contributed by atoms with E-state index in [1.807, 2.05) is 25.1 Å². The molecule has 2 aromatic rings. The van der Waals surface area contributed by atoms with Gasteiger partial charge in [0, 0.05) is 24.4 Å². The lowest BCUT2D eigenvalue weighted by molar-refractivity contribution is -0.000435. The first-order valence-electron chi connectivity index (χ1n) is 7.33. The molecule has 2 N–H and O–H groups in total. The summed E-state index contributed by atoms with van der Waals surface area (Å²) < 4.78 is 22.7. The van der Waals surface area contributed by atoms with Gasteiger partial charge in [-0.3, -0.25) is 0 Å². The molecule has 1 unspecified atom stereocenters. The molecule has 0 spiro atoms. The molecule has 0 aliphatic carbocycles. The second-order valence-corrected chi connectivity index (χ2v) is 5.54. The number of nitrogens with two attached hydrogens (primary N) is 1. The fourth-order valence-corrected chi connectivity index (χ4v) is 2.53. The second-order valence-electron chi connectivity index (χ2n) is 5.54. The van der Waals surface area contributed by atoms with Crippen LogP contribution >= 0.6 is 0 Å². The van der Waals surface area contributed by atoms with Crippen molar-refractivity contribution in [3.05, 3.63) is 41.6 Å². The zero-order valence-electron chi connectivity index (χ0n) is 13.5. The van der Waals surface area contributed by atoms with Crippen LogP contribution in [0.2, 0.25) is 0 Å². The number of methoxy groups -OCH3 is 2. The zero-order chi connectivity index (χ0) is 16.4. The first-order chi connectivity index (χ1) is 11.1. The van der Waals surface area contributed by atoms with Crippen molar-refractivity contribution in [1.82, 2.24) is 4.98 Å². The van der Waals surface area contributed by atoms with Crippen LogP contribution in [0.3, 0.4) is 0 Å². The van der Waals surface area contributed by atoms with E-state index >= 15 is 0 Å². The highest BCUT2D eigenvalue weighted by Gasteiger charge is 2.37. The number of benzene rings is 1. The maximum absolute atomic E-state index is 6.23. The second kappa shape index (κ2) is 5.96. The Morgan fingerprint density at radius 2 is 2.09 bits per heavy atom. The van der Waals surface area contributed by atoms with Gasteiger partial charge in [-0.05, 0) is 30.7 Å². The molecule has 0 saturated carbocycles. The van der Waals surface area contributed by atoms with E-state index in [1.165, 1.54) is 0 Å². The summed E-state index contributed by atoms with van der Waals surface area (Å²) in [6.45, 7) is 2.73. The summed E-state index contributed by atoms with van der Waals surface area (Å²) >= 11 is 0. The lowest BCUT2D eigenvalue weighted by atomic mass is 9.97. The fourth-order valence-electron chi connectivity index (χ4n) is 2.53. The molecule has 6 heteroatoms. The summed E-state index contributed by atoms with van der Waals surface area (Å²) in [5.74, 6) is 2.38. The van der Waals surface area contributed by atoms with Crippen LogP contribution in [0.4, 0.5) is 0 Å². The lowest BCUT2D eigenvalue weighted by Crippen LogP contribution is -2.39.